The fourth-order valence-electron chi connectivity index (χ4n) is 3.30. The van der Waals surface area contributed by atoms with Gasteiger partial charge in [0, 0.05) is 19.4 Å². The number of rotatable bonds is 7. The Morgan fingerprint density at radius 2 is 1.96 bits per heavy atom. The van der Waals surface area contributed by atoms with Crippen LogP contribution in [0.2, 0.25) is 0 Å². The molecule has 6 heteroatoms. The maximum Gasteiger partial charge on any atom is 0.410 e. The van der Waals surface area contributed by atoms with E-state index < -0.39 is 5.60 Å². The summed E-state index contributed by atoms with van der Waals surface area (Å²) in [4.78, 5) is 25.5. The summed E-state index contributed by atoms with van der Waals surface area (Å²) in [5.74, 6) is 0.529. The zero-order valence-corrected chi connectivity index (χ0v) is 15.5. The molecule has 6 nitrogen and oxygen atoms in total. The number of carbonyl (C=O) groups excluding carboxylic acids is 2. The van der Waals surface area contributed by atoms with Crippen molar-refractivity contribution in [2.75, 3.05) is 13.7 Å². The zero-order valence-electron chi connectivity index (χ0n) is 15.5. The number of hydrogen-bond donors (Lipinski definition) is 1. The summed E-state index contributed by atoms with van der Waals surface area (Å²) < 4.78 is 11.0. The Hall–Kier alpha value is -2.24. The van der Waals surface area contributed by atoms with Crippen LogP contribution in [-0.4, -0.2) is 36.2 Å². The lowest BCUT2D eigenvalue weighted by Gasteiger charge is -2.45. The minimum absolute atomic E-state index is 0.0975. The van der Waals surface area contributed by atoms with E-state index in [1.165, 1.54) is 0 Å². The van der Waals surface area contributed by atoms with Gasteiger partial charge < -0.3 is 20.1 Å². The molecule has 1 aromatic carbocycles. The molecule has 0 aromatic heterocycles. The first-order valence-electron chi connectivity index (χ1n) is 8.71. The van der Waals surface area contributed by atoms with Crippen molar-refractivity contribution in [1.29, 1.82) is 0 Å². The van der Waals surface area contributed by atoms with E-state index in [1.54, 1.807) is 12.0 Å². The van der Waals surface area contributed by atoms with Crippen LogP contribution in [0.1, 0.15) is 51.6 Å². The number of amides is 2. The molecule has 138 valence electrons. The molecule has 0 radical (unpaired) electrons. The molecule has 1 aliphatic heterocycles. The van der Waals surface area contributed by atoms with Crippen molar-refractivity contribution in [2.24, 2.45) is 11.7 Å². The van der Waals surface area contributed by atoms with E-state index in [9.17, 15) is 9.59 Å². The van der Waals surface area contributed by atoms with Crippen molar-refractivity contribution >= 4 is 12.0 Å². The number of benzene rings is 1. The average Bonchev–Trinajstić information content (AvgIpc) is 2.59. The van der Waals surface area contributed by atoms with Gasteiger partial charge in [-0.1, -0.05) is 26.0 Å². The first-order chi connectivity index (χ1) is 11.8. The highest BCUT2D eigenvalue weighted by atomic mass is 16.6. The van der Waals surface area contributed by atoms with Crippen molar-refractivity contribution in [3.63, 3.8) is 0 Å². The fourth-order valence-corrected chi connectivity index (χ4v) is 3.30. The standard InChI is InChI=1S/C19H28N2O4/c1-13(2)19(10-9-17(20)22)11-12-21(18(23)25-19)14(3)15-5-7-16(24-4)8-6-15/h5-8,13-14H,9-12H2,1-4H3,(H2,20,22)/t14-,19?/m0/s1. The van der Waals surface area contributed by atoms with Crippen LogP contribution >= 0.6 is 0 Å². The molecule has 2 rings (SSSR count). The molecule has 0 saturated carbocycles. The fraction of sp³-hybridized carbons (Fsp3) is 0.579. The summed E-state index contributed by atoms with van der Waals surface area (Å²) in [5, 5.41) is 0. The number of cyclic esters (lactones) is 1. The highest BCUT2D eigenvalue weighted by Crippen LogP contribution is 2.37. The van der Waals surface area contributed by atoms with Gasteiger partial charge in [0.25, 0.3) is 0 Å². The van der Waals surface area contributed by atoms with Crippen molar-refractivity contribution in [2.45, 2.75) is 51.7 Å². The number of primary amides is 1. The molecular formula is C19H28N2O4. The lowest BCUT2D eigenvalue weighted by molar-refractivity contribution is -0.122. The molecule has 0 spiro atoms. The van der Waals surface area contributed by atoms with Crippen LogP contribution in [0.3, 0.4) is 0 Å². The van der Waals surface area contributed by atoms with E-state index in [0.29, 0.717) is 19.4 Å². The van der Waals surface area contributed by atoms with Gasteiger partial charge in [-0.05, 0) is 37.0 Å². The predicted molar refractivity (Wildman–Crippen MR) is 95.2 cm³/mol. The van der Waals surface area contributed by atoms with Gasteiger partial charge >= 0.3 is 6.09 Å². The van der Waals surface area contributed by atoms with Crippen LogP contribution < -0.4 is 10.5 Å². The number of carbonyl (C=O) groups is 2. The van der Waals surface area contributed by atoms with Crippen LogP contribution in [-0.2, 0) is 9.53 Å². The maximum absolute atomic E-state index is 12.7. The monoisotopic (exact) mass is 348 g/mol. The molecule has 1 aliphatic rings. The van der Waals surface area contributed by atoms with Gasteiger partial charge in [0.1, 0.15) is 11.4 Å². The third-order valence-electron chi connectivity index (χ3n) is 5.21. The van der Waals surface area contributed by atoms with Gasteiger partial charge in [-0.3, -0.25) is 4.79 Å². The van der Waals surface area contributed by atoms with Crippen molar-refractivity contribution in [1.82, 2.24) is 4.90 Å². The number of nitrogens with zero attached hydrogens (tertiary/aromatic N) is 1. The Labute approximate surface area is 149 Å². The molecule has 0 bridgehead atoms. The lowest BCUT2D eigenvalue weighted by Crippen LogP contribution is -2.53. The molecule has 2 amide bonds. The number of hydrogen-bond acceptors (Lipinski definition) is 4. The first-order valence-corrected chi connectivity index (χ1v) is 8.71. The third kappa shape index (κ3) is 4.24. The van der Waals surface area contributed by atoms with Gasteiger partial charge in [0.2, 0.25) is 5.91 Å². The summed E-state index contributed by atoms with van der Waals surface area (Å²) in [6.45, 7) is 6.59. The minimum atomic E-state index is -0.623. The van der Waals surface area contributed by atoms with Crippen molar-refractivity contribution in [3.8, 4) is 5.75 Å². The quantitative estimate of drug-likeness (QED) is 0.820. The Morgan fingerprint density at radius 3 is 2.44 bits per heavy atom. The van der Waals surface area contributed by atoms with E-state index in [-0.39, 0.29) is 30.4 Å². The molecule has 1 fully saturated rings. The van der Waals surface area contributed by atoms with E-state index in [4.69, 9.17) is 15.2 Å². The molecule has 0 aliphatic carbocycles. The smallest absolute Gasteiger partial charge is 0.410 e. The zero-order chi connectivity index (χ0) is 18.6. The average molecular weight is 348 g/mol. The van der Waals surface area contributed by atoms with E-state index in [2.05, 4.69) is 0 Å². The molecule has 1 unspecified atom stereocenters. The molecule has 25 heavy (non-hydrogen) atoms. The van der Waals surface area contributed by atoms with Crippen LogP contribution in [0.15, 0.2) is 24.3 Å². The number of nitrogens with two attached hydrogens (primary N) is 1. The summed E-state index contributed by atoms with van der Waals surface area (Å²) in [6, 6.07) is 7.57. The van der Waals surface area contributed by atoms with Gasteiger partial charge in [0.05, 0.1) is 13.2 Å². The summed E-state index contributed by atoms with van der Waals surface area (Å²) in [7, 11) is 1.62. The van der Waals surface area contributed by atoms with E-state index >= 15 is 0 Å². The predicted octanol–water partition coefficient (Wildman–Crippen LogP) is 3.26. The summed E-state index contributed by atoms with van der Waals surface area (Å²) in [5.41, 5.74) is 5.68. The van der Waals surface area contributed by atoms with Crippen molar-refractivity contribution < 1.29 is 19.1 Å². The van der Waals surface area contributed by atoms with Gasteiger partial charge in [-0.25, -0.2) is 4.79 Å². The molecule has 2 N–H and O–H groups in total. The van der Waals surface area contributed by atoms with Gasteiger partial charge in [-0.15, -0.1) is 0 Å². The van der Waals surface area contributed by atoms with Crippen LogP contribution in [0.5, 0.6) is 5.75 Å². The van der Waals surface area contributed by atoms with E-state index in [1.807, 2.05) is 45.0 Å². The molecule has 1 heterocycles. The first kappa shape index (κ1) is 19.1. The summed E-state index contributed by atoms with van der Waals surface area (Å²) in [6.07, 6.45) is 1.04. The Bertz CT molecular complexity index is 614. The Kier molecular flexibility index (Phi) is 5.93. The Balaban J connectivity index is 2.10. The SMILES string of the molecule is COc1ccc([C@H](C)N2CCC(CCC(N)=O)(C(C)C)OC2=O)cc1. The Morgan fingerprint density at radius 1 is 1.32 bits per heavy atom. The van der Waals surface area contributed by atoms with Crippen LogP contribution in [0.25, 0.3) is 0 Å². The maximum atomic E-state index is 12.7. The second-order valence-corrected chi connectivity index (χ2v) is 6.95. The molecule has 2 atom stereocenters. The topological polar surface area (TPSA) is 81.9 Å². The molecule has 1 saturated heterocycles. The second-order valence-electron chi connectivity index (χ2n) is 6.95. The molecule has 1 aromatic rings. The van der Waals surface area contributed by atoms with Crippen LogP contribution in [0, 0.1) is 5.92 Å². The third-order valence-corrected chi connectivity index (χ3v) is 5.21. The largest absolute Gasteiger partial charge is 0.497 e. The van der Waals surface area contributed by atoms with Crippen molar-refractivity contribution in [3.05, 3.63) is 29.8 Å². The molecular weight excluding hydrogens is 320 g/mol. The normalized spacial score (nSPS) is 21.8. The van der Waals surface area contributed by atoms with Gasteiger partial charge in [-0.2, -0.15) is 0 Å². The number of ether oxygens (including phenoxy) is 2. The minimum Gasteiger partial charge on any atom is -0.497 e. The van der Waals surface area contributed by atoms with E-state index in [0.717, 1.165) is 11.3 Å². The highest BCUT2D eigenvalue weighted by Gasteiger charge is 2.44. The second kappa shape index (κ2) is 7.76. The lowest BCUT2D eigenvalue weighted by atomic mass is 9.81. The van der Waals surface area contributed by atoms with Gasteiger partial charge in [0.15, 0.2) is 0 Å². The van der Waals surface area contributed by atoms with Crippen LogP contribution in [0.4, 0.5) is 4.79 Å². The number of methoxy groups -OCH3 is 1. The highest BCUT2D eigenvalue weighted by molar-refractivity contribution is 5.74. The summed E-state index contributed by atoms with van der Waals surface area (Å²) >= 11 is 0.